The lowest BCUT2D eigenvalue weighted by atomic mass is 9.82. The van der Waals surface area contributed by atoms with Gasteiger partial charge < -0.3 is 4.90 Å². The summed E-state index contributed by atoms with van der Waals surface area (Å²) in [5, 5.41) is 3.46. The van der Waals surface area contributed by atoms with Crippen LogP contribution in [0.15, 0.2) is 30.3 Å². The molecule has 1 aliphatic heterocycles. The maximum absolute atomic E-state index is 12.8. The molecular formula is C18H26N2O. The quantitative estimate of drug-likeness (QED) is 0.919. The van der Waals surface area contributed by atoms with Gasteiger partial charge in [0.05, 0.1) is 6.17 Å². The Morgan fingerprint density at radius 3 is 2.52 bits per heavy atom. The topological polar surface area (TPSA) is 32.3 Å². The van der Waals surface area contributed by atoms with Crippen LogP contribution in [0.4, 0.5) is 0 Å². The average Bonchev–Trinajstić information content (AvgIpc) is 3.09. The normalized spacial score (nSPS) is 28.3. The van der Waals surface area contributed by atoms with Crippen molar-refractivity contribution >= 4 is 5.91 Å². The first kappa shape index (κ1) is 14.6. The van der Waals surface area contributed by atoms with Gasteiger partial charge in [0.15, 0.2) is 0 Å². The molecule has 1 aromatic rings. The second-order valence-electron chi connectivity index (χ2n) is 6.71. The lowest BCUT2D eigenvalue weighted by Crippen LogP contribution is -2.42. The molecule has 0 bridgehead atoms. The van der Waals surface area contributed by atoms with Gasteiger partial charge in [0.2, 0.25) is 5.91 Å². The van der Waals surface area contributed by atoms with E-state index in [2.05, 4.69) is 24.1 Å². The van der Waals surface area contributed by atoms with E-state index in [0.29, 0.717) is 5.41 Å². The lowest BCUT2D eigenvalue weighted by Gasteiger charge is -2.34. The molecule has 1 N–H and O–H groups in total. The van der Waals surface area contributed by atoms with E-state index in [1.165, 1.54) is 32.1 Å². The highest BCUT2D eigenvalue weighted by Gasteiger charge is 2.42. The summed E-state index contributed by atoms with van der Waals surface area (Å²) in [7, 11) is 0. The molecule has 0 radical (unpaired) electrons. The van der Waals surface area contributed by atoms with Crippen LogP contribution in [0.25, 0.3) is 0 Å². The van der Waals surface area contributed by atoms with Crippen molar-refractivity contribution in [1.82, 2.24) is 10.2 Å². The van der Waals surface area contributed by atoms with Gasteiger partial charge in [-0.15, -0.1) is 0 Å². The molecule has 1 heterocycles. The number of hydrogen-bond acceptors (Lipinski definition) is 2. The van der Waals surface area contributed by atoms with Crippen molar-refractivity contribution in [3.63, 3.8) is 0 Å². The van der Waals surface area contributed by atoms with Crippen LogP contribution in [0.1, 0.15) is 57.6 Å². The first-order valence-electron chi connectivity index (χ1n) is 8.27. The molecule has 1 saturated carbocycles. The maximum Gasteiger partial charge on any atom is 0.245 e. The standard InChI is InChI=1S/C18H26N2O/c1-3-18(11-7-8-12-18)13-20-14(2)19-16(17(20)21)15-9-5-4-6-10-15/h4-6,9-10,14,16,19H,3,7-8,11-13H2,1-2H3. The van der Waals surface area contributed by atoms with Crippen LogP contribution in [0.5, 0.6) is 0 Å². The highest BCUT2D eigenvalue weighted by Crippen LogP contribution is 2.42. The number of nitrogens with one attached hydrogen (secondary N) is 1. The van der Waals surface area contributed by atoms with Gasteiger partial charge in [-0.25, -0.2) is 0 Å². The Balaban J connectivity index is 1.76. The summed E-state index contributed by atoms with van der Waals surface area (Å²) in [6.07, 6.45) is 6.50. The fourth-order valence-electron chi connectivity index (χ4n) is 3.97. The fourth-order valence-corrected chi connectivity index (χ4v) is 3.97. The molecule has 2 fully saturated rings. The molecule has 1 saturated heterocycles. The Morgan fingerprint density at radius 1 is 1.24 bits per heavy atom. The number of carbonyl (C=O) groups excluding carboxylic acids is 1. The third-order valence-electron chi connectivity index (χ3n) is 5.46. The predicted octanol–water partition coefficient (Wildman–Crippen LogP) is 3.48. The van der Waals surface area contributed by atoms with E-state index in [9.17, 15) is 4.79 Å². The van der Waals surface area contributed by atoms with E-state index in [4.69, 9.17) is 0 Å². The SMILES string of the molecule is CCC1(CN2C(=O)C(c3ccccc3)NC2C)CCCC1. The molecule has 1 amide bonds. The van der Waals surface area contributed by atoms with Crippen molar-refractivity contribution in [2.75, 3.05) is 6.54 Å². The molecule has 3 rings (SSSR count). The van der Waals surface area contributed by atoms with Crippen molar-refractivity contribution < 1.29 is 4.79 Å². The number of carbonyl (C=O) groups is 1. The zero-order valence-corrected chi connectivity index (χ0v) is 13.1. The van der Waals surface area contributed by atoms with Gasteiger partial charge in [-0.2, -0.15) is 0 Å². The van der Waals surface area contributed by atoms with Crippen LogP contribution in [0, 0.1) is 5.41 Å². The summed E-state index contributed by atoms with van der Waals surface area (Å²) >= 11 is 0. The third kappa shape index (κ3) is 2.71. The highest BCUT2D eigenvalue weighted by molar-refractivity contribution is 5.85. The van der Waals surface area contributed by atoms with Crippen molar-refractivity contribution in [2.45, 2.75) is 58.2 Å². The first-order valence-corrected chi connectivity index (χ1v) is 8.27. The molecule has 2 atom stereocenters. The molecule has 1 aromatic carbocycles. The Kier molecular flexibility index (Phi) is 4.03. The van der Waals surface area contributed by atoms with E-state index in [0.717, 1.165) is 12.1 Å². The van der Waals surface area contributed by atoms with Gasteiger partial charge in [-0.1, -0.05) is 50.1 Å². The van der Waals surface area contributed by atoms with Crippen molar-refractivity contribution in [2.24, 2.45) is 5.41 Å². The summed E-state index contributed by atoms with van der Waals surface area (Å²) in [6, 6.07) is 9.91. The zero-order chi connectivity index (χ0) is 14.9. The van der Waals surface area contributed by atoms with Crippen molar-refractivity contribution in [1.29, 1.82) is 0 Å². The summed E-state index contributed by atoms with van der Waals surface area (Å²) in [6.45, 7) is 5.30. The summed E-state index contributed by atoms with van der Waals surface area (Å²) in [4.78, 5) is 14.9. The average molecular weight is 286 g/mol. The lowest BCUT2D eigenvalue weighted by molar-refractivity contribution is -0.131. The molecule has 21 heavy (non-hydrogen) atoms. The minimum atomic E-state index is -0.170. The van der Waals surface area contributed by atoms with E-state index >= 15 is 0 Å². The molecule has 3 nitrogen and oxygen atoms in total. The number of benzene rings is 1. The van der Waals surface area contributed by atoms with Crippen LogP contribution in [0.3, 0.4) is 0 Å². The molecule has 3 heteroatoms. The van der Waals surface area contributed by atoms with Gasteiger partial charge in [0.1, 0.15) is 6.04 Å². The van der Waals surface area contributed by atoms with Crippen LogP contribution in [-0.4, -0.2) is 23.5 Å². The second-order valence-corrected chi connectivity index (χ2v) is 6.71. The number of hydrogen-bond donors (Lipinski definition) is 1. The number of amides is 1. The molecular weight excluding hydrogens is 260 g/mol. The Bertz CT molecular complexity index is 493. The largest absolute Gasteiger partial charge is 0.325 e. The first-order chi connectivity index (χ1) is 10.2. The van der Waals surface area contributed by atoms with Gasteiger partial charge in [-0.3, -0.25) is 10.1 Å². The summed E-state index contributed by atoms with van der Waals surface area (Å²) in [5.41, 5.74) is 1.44. The van der Waals surface area contributed by atoms with E-state index in [-0.39, 0.29) is 18.1 Å². The second kappa shape index (κ2) is 5.80. The fraction of sp³-hybridized carbons (Fsp3) is 0.611. The van der Waals surface area contributed by atoms with Crippen molar-refractivity contribution in [3.8, 4) is 0 Å². The van der Waals surface area contributed by atoms with Crippen LogP contribution < -0.4 is 5.32 Å². The van der Waals surface area contributed by atoms with Gasteiger partial charge in [0.25, 0.3) is 0 Å². The van der Waals surface area contributed by atoms with Crippen molar-refractivity contribution in [3.05, 3.63) is 35.9 Å². The molecule has 114 valence electrons. The van der Waals surface area contributed by atoms with Crippen LogP contribution >= 0.6 is 0 Å². The maximum atomic E-state index is 12.8. The Labute approximate surface area is 127 Å². The zero-order valence-electron chi connectivity index (χ0n) is 13.1. The Hall–Kier alpha value is -1.35. The Morgan fingerprint density at radius 2 is 1.90 bits per heavy atom. The van der Waals surface area contributed by atoms with Gasteiger partial charge >= 0.3 is 0 Å². The summed E-state index contributed by atoms with van der Waals surface area (Å²) < 4.78 is 0. The smallest absolute Gasteiger partial charge is 0.245 e. The molecule has 1 aliphatic carbocycles. The van der Waals surface area contributed by atoms with E-state index in [1.54, 1.807) is 0 Å². The highest BCUT2D eigenvalue weighted by atomic mass is 16.2. The van der Waals surface area contributed by atoms with Gasteiger partial charge in [-0.05, 0) is 37.2 Å². The van der Waals surface area contributed by atoms with Gasteiger partial charge in [0, 0.05) is 6.54 Å². The van der Waals surface area contributed by atoms with E-state index in [1.807, 2.05) is 30.3 Å². The minimum Gasteiger partial charge on any atom is -0.325 e. The monoisotopic (exact) mass is 286 g/mol. The molecule has 0 aromatic heterocycles. The summed E-state index contributed by atoms with van der Waals surface area (Å²) in [5.74, 6) is 0.244. The van der Waals surface area contributed by atoms with Crippen LogP contribution in [0.2, 0.25) is 0 Å². The third-order valence-corrected chi connectivity index (χ3v) is 5.46. The van der Waals surface area contributed by atoms with E-state index < -0.39 is 0 Å². The number of rotatable bonds is 4. The molecule has 0 spiro atoms. The predicted molar refractivity (Wildman–Crippen MR) is 84.7 cm³/mol. The number of nitrogens with zero attached hydrogens (tertiary/aromatic N) is 1. The minimum absolute atomic E-state index is 0.131. The molecule has 2 unspecified atom stereocenters. The van der Waals surface area contributed by atoms with Crippen LogP contribution in [-0.2, 0) is 4.79 Å². The molecule has 2 aliphatic rings.